The molecule has 24 heavy (non-hydrogen) atoms. The lowest BCUT2D eigenvalue weighted by molar-refractivity contribution is 0.0936. The number of hydrogen-bond acceptors (Lipinski definition) is 4. The lowest BCUT2D eigenvalue weighted by Gasteiger charge is -2.17. The first-order valence-corrected chi connectivity index (χ1v) is 7.86. The van der Waals surface area contributed by atoms with E-state index in [1.54, 1.807) is 12.1 Å². The number of carbonyl (C=O) groups excluding carboxylic acids is 1. The third-order valence-electron chi connectivity index (χ3n) is 4.37. The molecule has 1 aliphatic rings. The predicted molar refractivity (Wildman–Crippen MR) is 91.1 cm³/mol. The molecular formula is C19H21NO4. The third kappa shape index (κ3) is 2.89. The molecule has 0 aromatic heterocycles. The fraction of sp³-hybridized carbons (Fsp3) is 0.316. The number of nitrogens with one attached hydrogen (secondary N) is 1. The molecule has 5 nitrogen and oxygen atoms in total. The second kappa shape index (κ2) is 6.83. The van der Waals surface area contributed by atoms with E-state index in [1.165, 1.54) is 32.5 Å². The van der Waals surface area contributed by atoms with E-state index in [1.807, 2.05) is 12.1 Å². The lowest BCUT2D eigenvalue weighted by Crippen LogP contribution is -2.27. The number of aryl methyl sites for hydroxylation is 1. The molecule has 0 aliphatic heterocycles. The van der Waals surface area contributed by atoms with E-state index in [2.05, 4.69) is 17.4 Å². The maximum atomic E-state index is 12.7. The molecule has 0 bridgehead atoms. The number of fused-ring (bicyclic) bond motifs is 1. The van der Waals surface area contributed by atoms with Crippen molar-refractivity contribution in [3.8, 4) is 17.2 Å². The molecule has 2 aromatic carbocycles. The van der Waals surface area contributed by atoms with E-state index in [0.29, 0.717) is 22.8 Å². The van der Waals surface area contributed by atoms with Crippen molar-refractivity contribution < 1.29 is 19.0 Å². The standard InChI is InChI=1S/C19H21NO4/c1-22-16-10-13(11-17(23-2)18(16)24-3)19(21)20-15-9-8-12-6-4-5-7-14(12)15/h4-7,10-11,15H,8-9H2,1-3H3,(H,20,21)/t15-/m0/s1. The number of ether oxygens (including phenoxy) is 3. The molecule has 1 aliphatic carbocycles. The summed E-state index contributed by atoms with van der Waals surface area (Å²) < 4.78 is 15.9. The van der Waals surface area contributed by atoms with Crippen LogP contribution in [0.4, 0.5) is 0 Å². The molecule has 0 radical (unpaired) electrons. The molecule has 3 rings (SSSR count). The van der Waals surface area contributed by atoms with Crippen LogP contribution in [0.1, 0.15) is 33.9 Å². The van der Waals surface area contributed by atoms with Crippen molar-refractivity contribution in [3.63, 3.8) is 0 Å². The summed E-state index contributed by atoms with van der Waals surface area (Å²) in [5, 5.41) is 3.10. The van der Waals surface area contributed by atoms with E-state index in [-0.39, 0.29) is 11.9 Å². The van der Waals surface area contributed by atoms with Gasteiger partial charge in [0.25, 0.3) is 5.91 Å². The summed E-state index contributed by atoms with van der Waals surface area (Å²) in [4.78, 5) is 12.7. The van der Waals surface area contributed by atoms with Crippen LogP contribution in [0.5, 0.6) is 17.2 Å². The minimum Gasteiger partial charge on any atom is -0.493 e. The average molecular weight is 327 g/mol. The minimum atomic E-state index is -0.157. The Morgan fingerprint density at radius 1 is 1.04 bits per heavy atom. The molecule has 0 fully saturated rings. The Morgan fingerprint density at radius 3 is 2.33 bits per heavy atom. The van der Waals surface area contributed by atoms with Crippen LogP contribution >= 0.6 is 0 Å². The summed E-state index contributed by atoms with van der Waals surface area (Å²) in [5.74, 6) is 1.25. The number of amides is 1. The Hall–Kier alpha value is -2.69. The van der Waals surface area contributed by atoms with Crippen LogP contribution in [0, 0.1) is 0 Å². The smallest absolute Gasteiger partial charge is 0.252 e. The Morgan fingerprint density at radius 2 is 1.71 bits per heavy atom. The van der Waals surface area contributed by atoms with Gasteiger partial charge in [-0.15, -0.1) is 0 Å². The summed E-state index contributed by atoms with van der Waals surface area (Å²) in [6.45, 7) is 0. The zero-order chi connectivity index (χ0) is 17.1. The largest absolute Gasteiger partial charge is 0.493 e. The molecule has 5 heteroatoms. The van der Waals surface area contributed by atoms with Crippen LogP contribution in [0.15, 0.2) is 36.4 Å². The summed E-state index contributed by atoms with van der Waals surface area (Å²) >= 11 is 0. The lowest BCUT2D eigenvalue weighted by atomic mass is 10.1. The Labute approximate surface area is 141 Å². The van der Waals surface area contributed by atoms with Crippen LogP contribution in [-0.2, 0) is 6.42 Å². The van der Waals surface area contributed by atoms with Crippen molar-refractivity contribution in [1.82, 2.24) is 5.32 Å². The van der Waals surface area contributed by atoms with Gasteiger partial charge in [0.2, 0.25) is 5.75 Å². The van der Waals surface area contributed by atoms with E-state index in [0.717, 1.165) is 12.8 Å². The molecule has 0 heterocycles. The maximum Gasteiger partial charge on any atom is 0.252 e. The van der Waals surface area contributed by atoms with Crippen LogP contribution in [0.3, 0.4) is 0 Å². The van der Waals surface area contributed by atoms with Gasteiger partial charge in [0.15, 0.2) is 11.5 Å². The monoisotopic (exact) mass is 327 g/mol. The van der Waals surface area contributed by atoms with Gasteiger partial charge in [-0.2, -0.15) is 0 Å². The van der Waals surface area contributed by atoms with E-state index < -0.39 is 0 Å². The molecule has 0 saturated carbocycles. The van der Waals surface area contributed by atoms with Crippen molar-refractivity contribution in [2.24, 2.45) is 0 Å². The highest BCUT2D eigenvalue weighted by Gasteiger charge is 2.25. The fourth-order valence-electron chi connectivity index (χ4n) is 3.16. The fourth-order valence-corrected chi connectivity index (χ4v) is 3.16. The second-order valence-electron chi connectivity index (χ2n) is 5.68. The van der Waals surface area contributed by atoms with E-state index in [9.17, 15) is 4.79 Å². The molecule has 0 unspecified atom stereocenters. The van der Waals surface area contributed by atoms with Gasteiger partial charge >= 0.3 is 0 Å². The second-order valence-corrected chi connectivity index (χ2v) is 5.68. The SMILES string of the molecule is COc1cc(C(=O)N[C@H]2CCc3ccccc32)cc(OC)c1OC. The zero-order valence-electron chi connectivity index (χ0n) is 14.1. The molecule has 0 saturated heterocycles. The van der Waals surface area contributed by atoms with Crippen molar-refractivity contribution in [1.29, 1.82) is 0 Å². The quantitative estimate of drug-likeness (QED) is 0.917. The molecule has 1 atom stereocenters. The third-order valence-corrected chi connectivity index (χ3v) is 4.37. The van der Waals surface area contributed by atoms with E-state index in [4.69, 9.17) is 14.2 Å². The zero-order valence-corrected chi connectivity index (χ0v) is 14.1. The summed E-state index contributed by atoms with van der Waals surface area (Å²) in [6.07, 6.45) is 1.89. The highest BCUT2D eigenvalue weighted by molar-refractivity contribution is 5.96. The van der Waals surface area contributed by atoms with Crippen molar-refractivity contribution in [3.05, 3.63) is 53.1 Å². The molecule has 1 amide bonds. The number of rotatable bonds is 5. The number of hydrogen-bond donors (Lipinski definition) is 1. The van der Waals surface area contributed by atoms with Crippen LogP contribution < -0.4 is 19.5 Å². The highest BCUT2D eigenvalue weighted by atomic mass is 16.5. The predicted octanol–water partition coefficient (Wildman–Crippen LogP) is 3.13. The molecule has 0 spiro atoms. The summed E-state index contributed by atoms with van der Waals surface area (Å²) in [7, 11) is 4.61. The van der Waals surface area contributed by atoms with Crippen molar-refractivity contribution in [2.45, 2.75) is 18.9 Å². The van der Waals surface area contributed by atoms with Gasteiger partial charge in [-0.05, 0) is 36.1 Å². The van der Waals surface area contributed by atoms with E-state index >= 15 is 0 Å². The normalized spacial score (nSPS) is 15.5. The summed E-state index contributed by atoms with van der Waals surface area (Å²) in [5.41, 5.74) is 2.97. The minimum absolute atomic E-state index is 0.0350. The van der Waals surface area contributed by atoms with Gasteiger partial charge in [-0.3, -0.25) is 4.79 Å². The highest BCUT2D eigenvalue weighted by Crippen LogP contribution is 2.38. The Balaban J connectivity index is 1.86. The first-order valence-electron chi connectivity index (χ1n) is 7.86. The van der Waals surface area contributed by atoms with Gasteiger partial charge in [0.05, 0.1) is 27.4 Å². The molecule has 1 N–H and O–H groups in total. The van der Waals surface area contributed by atoms with Gasteiger partial charge in [-0.1, -0.05) is 24.3 Å². The van der Waals surface area contributed by atoms with Crippen molar-refractivity contribution in [2.75, 3.05) is 21.3 Å². The van der Waals surface area contributed by atoms with Crippen molar-refractivity contribution >= 4 is 5.91 Å². The summed E-state index contributed by atoms with van der Waals surface area (Å²) in [6, 6.07) is 11.6. The van der Waals surface area contributed by atoms with Crippen LogP contribution in [0.2, 0.25) is 0 Å². The number of carbonyl (C=O) groups is 1. The Bertz CT molecular complexity index is 732. The first kappa shape index (κ1) is 16.2. The van der Waals surface area contributed by atoms with Gasteiger partial charge in [-0.25, -0.2) is 0 Å². The first-order chi connectivity index (χ1) is 11.7. The van der Waals surface area contributed by atoms with Gasteiger partial charge in [0, 0.05) is 5.56 Å². The molecule has 126 valence electrons. The van der Waals surface area contributed by atoms with Gasteiger partial charge < -0.3 is 19.5 Å². The average Bonchev–Trinajstić information content (AvgIpc) is 3.03. The molecule has 2 aromatic rings. The van der Waals surface area contributed by atoms with Crippen LogP contribution in [0.25, 0.3) is 0 Å². The Kier molecular flexibility index (Phi) is 4.60. The molecular weight excluding hydrogens is 306 g/mol. The van der Waals surface area contributed by atoms with Crippen LogP contribution in [-0.4, -0.2) is 27.2 Å². The number of methoxy groups -OCH3 is 3. The topological polar surface area (TPSA) is 56.8 Å². The van der Waals surface area contributed by atoms with Gasteiger partial charge in [0.1, 0.15) is 0 Å². The maximum absolute atomic E-state index is 12.7. The number of benzene rings is 2.